The number of likely N-dealkylation sites (tertiary alicyclic amines) is 1. The van der Waals surface area contributed by atoms with Crippen LogP contribution in [-0.4, -0.2) is 89.7 Å². The van der Waals surface area contributed by atoms with Gasteiger partial charge in [0.05, 0.1) is 12.0 Å². The highest BCUT2D eigenvalue weighted by molar-refractivity contribution is 5.94. The van der Waals surface area contributed by atoms with E-state index in [1.165, 1.54) is 18.9 Å². The predicted octanol–water partition coefficient (Wildman–Crippen LogP) is 0.846. The number of hydrogen-bond donors (Lipinski definition) is 2. The van der Waals surface area contributed by atoms with E-state index in [0.717, 1.165) is 25.1 Å². The van der Waals surface area contributed by atoms with Gasteiger partial charge < -0.3 is 20.0 Å². The number of rotatable bonds is 8. The molecule has 0 aliphatic carbocycles. The Morgan fingerprint density at radius 2 is 1.84 bits per heavy atom. The van der Waals surface area contributed by atoms with Crippen LogP contribution >= 0.6 is 0 Å². The van der Waals surface area contributed by atoms with Gasteiger partial charge in [0.2, 0.25) is 5.91 Å². The monoisotopic (exact) mass is 355 g/mol. The Kier molecular flexibility index (Phi) is 8.05. The zero-order valence-electron chi connectivity index (χ0n) is 16.3. The SMILES string of the molecule is CC/C(CN1CC[C@H](N(C)C)C1)=C(/C(=O)O)N(C)C(=O)C(C)[C@@H](C)O. The zero-order valence-corrected chi connectivity index (χ0v) is 16.3. The summed E-state index contributed by atoms with van der Waals surface area (Å²) in [7, 11) is 5.58. The van der Waals surface area contributed by atoms with Crippen molar-refractivity contribution in [3.8, 4) is 0 Å². The standard InChI is InChI=1S/C18H33N3O4/c1-7-14(10-21-9-8-15(11-21)19(4)5)16(18(24)25)20(6)17(23)12(2)13(3)22/h12-13,15,22H,7-11H2,1-6H3,(H,24,25)/b16-14+/t12?,13-,15+/m1/s1. The fourth-order valence-corrected chi connectivity index (χ4v) is 3.16. The molecule has 1 rings (SSSR count). The Morgan fingerprint density at radius 3 is 2.24 bits per heavy atom. The molecule has 144 valence electrons. The highest BCUT2D eigenvalue weighted by Gasteiger charge is 2.30. The molecule has 0 aromatic heterocycles. The number of carboxylic acid groups (broad SMARTS) is 1. The van der Waals surface area contributed by atoms with Crippen molar-refractivity contribution >= 4 is 11.9 Å². The molecular formula is C18H33N3O4. The fraction of sp³-hybridized carbons (Fsp3) is 0.778. The second kappa shape index (κ2) is 9.31. The van der Waals surface area contributed by atoms with E-state index in [2.05, 4.69) is 23.9 Å². The Labute approximate surface area is 150 Å². The van der Waals surface area contributed by atoms with Crippen molar-refractivity contribution in [1.82, 2.24) is 14.7 Å². The lowest BCUT2D eigenvalue weighted by Crippen LogP contribution is -2.39. The summed E-state index contributed by atoms with van der Waals surface area (Å²) in [6.07, 6.45) is 0.792. The van der Waals surface area contributed by atoms with Gasteiger partial charge in [-0.2, -0.15) is 0 Å². The second-order valence-corrected chi connectivity index (χ2v) is 7.18. The molecule has 0 aromatic carbocycles. The molecule has 1 saturated heterocycles. The number of carbonyl (C=O) groups is 2. The van der Waals surface area contributed by atoms with Crippen LogP contribution in [-0.2, 0) is 9.59 Å². The summed E-state index contributed by atoms with van der Waals surface area (Å²) in [5, 5.41) is 19.3. The minimum Gasteiger partial charge on any atom is -0.477 e. The van der Waals surface area contributed by atoms with E-state index in [1.807, 2.05) is 6.92 Å². The normalized spacial score (nSPS) is 21.8. The molecule has 0 radical (unpaired) electrons. The maximum atomic E-state index is 12.5. The molecule has 0 aromatic rings. The zero-order chi connectivity index (χ0) is 19.3. The first-order valence-electron chi connectivity index (χ1n) is 8.89. The molecule has 7 nitrogen and oxygen atoms in total. The van der Waals surface area contributed by atoms with Gasteiger partial charge in [0.1, 0.15) is 5.70 Å². The highest BCUT2D eigenvalue weighted by Crippen LogP contribution is 2.21. The van der Waals surface area contributed by atoms with Crippen LogP contribution in [0.5, 0.6) is 0 Å². The molecule has 1 aliphatic heterocycles. The van der Waals surface area contributed by atoms with Gasteiger partial charge >= 0.3 is 5.97 Å². The summed E-state index contributed by atoms with van der Waals surface area (Å²) < 4.78 is 0. The van der Waals surface area contributed by atoms with E-state index >= 15 is 0 Å². The molecule has 0 bridgehead atoms. The van der Waals surface area contributed by atoms with Crippen LogP contribution in [0.25, 0.3) is 0 Å². The highest BCUT2D eigenvalue weighted by atomic mass is 16.4. The van der Waals surface area contributed by atoms with Crippen molar-refractivity contribution in [3.05, 3.63) is 11.3 Å². The van der Waals surface area contributed by atoms with Crippen molar-refractivity contribution < 1.29 is 19.8 Å². The number of aliphatic hydroxyl groups excluding tert-OH is 1. The van der Waals surface area contributed by atoms with E-state index in [1.54, 1.807) is 6.92 Å². The predicted molar refractivity (Wildman–Crippen MR) is 97.1 cm³/mol. The average Bonchev–Trinajstić information content (AvgIpc) is 3.00. The van der Waals surface area contributed by atoms with E-state index in [9.17, 15) is 19.8 Å². The van der Waals surface area contributed by atoms with Gasteiger partial charge in [-0.15, -0.1) is 0 Å². The smallest absolute Gasteiger partial charge is 0.352 e. The summed E-state index contributed by atoms with van der Waals surface area (Å²) in [5.74, 6) is -2.14. The summed E-state index contributed by atoms with van der Waals surface area (Å²) in [6, 6.07) is 0.473. The number of amides is 1. The first-order chi connectivity index (χ1) is 11.6. The molecule has 1 heterocycles. The van der Waals surface area contributed by atoms with Crippen molar-refractivity contribution in [2.45, 2.75) is 45.8 Å². The Balaban J connectivity index is 3.02. The van der Waals surface area contributed by atoms with Gasteiger partial charge in [0.25, 0.3) is 0 Å². The quantitative estimate of drug-likeness (QED) is 0.628. The molecule has 1 aliphatic rings. The summed E-state index contributed by atoms with van der Waals surface area (Å²) in [6.45, 7) is 7.41. The number of hydrogen-bond acceptors (Lipinski definition) is 5. The van der Waals surface area contributed by atoms with Crippen LogP contribution in [0.15, 0.2) is 11.3 Å². The number of aliphatic hydroxyl groups is 1. The molecule has 7 heteroatoms. The van der Waals surface area contributed by atoms with Gasteiger partial charge in [0.15, 0.2) is 0 Å². The molecule has 3 atom stereocenters. The minimum atomic E-state index is -1.10. The van der Waals surface area contributed by atoms with Gasteiger partial charge in [-0.05, 0) is 39.4 Å². The van der Waals surface area contributed by atoms with Crippen LogP contribution in [0, 0.1) is 5.92 Å². The van der Waals surface area contributed by atoms with Gasteiger partial charge in [-0.3, -0.25) is 9.69 Å². The number of carbonyl (C=O) groups excluding carboxylic acids is 1. The van der Waals surface area contributed by atoms with Crippen molar-refractivity contribution in [3.63, 3.8) is 0 Å². The van der Waals surface area contributed by atoms with E-state index in [-0.39, 0.29) is 11.6 Å². The molecular weight excluding hydrogens is 322 g/mol. The lowest BCUT2D eigenvalue weighted by Gasteiger charge is -2.27. The second-order valence-electron chi connectivity index (χ2n) is 7.18. The Hall–Kier alpha value is -1.44. The molecule has 1 unspecified atom stereocenters. The molecule has 25 heavy (non-hydrogen) atoms. The van der Waals surface area contributed by atoms with E-state index < -0.39 is 18.0 Å². The third kappa shape index (κ3) is 5.52. The number of aliphatic carboxylic acids is 1. The van der Waals surface area contributed by atoms with E-state index in [0.29, 0.717) is 19.0 Å². The maximum absolute atomic E-state index is 12.5. The van der Waals surface area contributed by atoms with Gasteiger partial charge in [-0.1, -0.05) is 13.8 Å². The number of likely N-dealkylation sites (N-methyl/N-ethyl adjacent to an activating group) is 2. The fourth-order valence-electron chi connectivity index (χ4n) is 3.16. The summed E-state index contributed by atoms with van der Waals surface area (Å²) in [4.78, 5) is 29.9. The molecule has 2 N–H and O–H groups in total. The maximum Gasteiger partial charge on any atom is 0.352 e. The number of nitrogens with zero attached hydrogens (tertiary/aromatic N) is 3. The first kappa shape index (κ1) is 21.6. The van der Waals surface area contributed by atoms with Crippen molar-refractivity contribution in [1.29, 1.82) is 0 Å². The third-order valence-corrected chi connectivity index (χ3v) is 5.14. The van der Waals surface area contributed by atoms with Crippen LogP contribution in [0.2, 0.25) is 0 Å². The van der Waals surface area contributed by atoms with Crippen LogP contribution < -0.4 is 0 Å². The summed E-state index contributed by atoms with van der Waals surface area (Å²) in [5.41, 5.74) is 0.772. The molecule has 1 amide bonds. The largest absolute Gasteiger partial charge is 0.477 e. The molecule has 0 saturated carbocycles. The first-order valence-corrected chi connectivity index (χ1v) is 8.89. The van der Waals surface area contributed by atoms with Crippen LogP contribution in [0.4, 0.5) is 0 Å². The number of carboxylic acids is 1. The average molecular weight is 355 g/mol. The van der Waals surface area contributed by atoms with Gasteiger partial charge in [0, 0.05) is 32.7 Å². The van der Waals surface area contributed by atoms with Crippen LogP contribution in [0.3, 0.4) is 0 Å². The third-order valence-electron chi connectivity index (χ3n) is 5.14. The Morgan fingerprint density at radius 1 is 1.24 bits per heavy atom. The van der Waals surface area contributed by atoms with Crippen LogP contribution in [0.1, 0.15) is 33.6 Å². The van der Waals surface area contributed by atoms with Crippen molar-refractivity contribution in [2.75, 3.05) is 40.8 Å². The lowest BCUT2D eigenvalue weighted by molar-refractivity contribution is -0.142. The molecule has 1 fully saturated rings. The van der Waals surface area contributed by atoms with E-state index in [4.69, 9.17) is 0 Å². The summed E-state index contributed by atoms with van der Waals surface area (Å²) >= 11 is 0. The lowest BCUT2D eigenvalue weighted by atomic mass is 10.0. The van der Waals surface area contributed by atoms with Gasteiger partial charge in [-0.25, -0.2) is 4.79 Å². The topological polar surface area (TPSA) is 84.3 Å². The molecule has 0 spiro atoms. The minimum absolute atomic E-state index is 0.0355. The Bertz CT molecular complexity index is 516. The van der Waals surface area contributed by atoms with Crippen molar-refractivity contribution in [2.24, 2.45) is 5.92 Å².